The summed E-state index contributed by atoms with van der Waals surface area (Å²) in [5, 5.41) is 3.06. The van der Waals surface area contributed by atoms with Crippen molar-refractivity contribution in [1.82, 2.24) is 5.32 Å². The Labute approximate surface area is 112 Å². The second-order valence-corrected chi connectivity index (χ2v) is 4.95. The molecule has 0 aromatic heterocycles. The van der Waals surface area contributed by atoms with Gasteiger partial charge in [-0.1, -0.05) is 30.3 Å². The average Bonchev–Trinajstić information content (AvgIpc) is 3.20. The van der Waals surface area contributed by atoms with Gasteiger partial charge in [0, 0.05) is 23.2 Å². The van der Waals surface area contributed by atoms with Crippen molar-refractivity contribution in [2.45, 2.75) is 18.4 Å². The van der Waals surface area contributed by atoms with Crippen LogP contribution in [0, 0.1) is 0 Å². The number of amides is 1. The topological polar surface area (TPSA) is 55.1 Å². The zero-order valence-corrected chi connectivity index (χ0v) is 10.5. The first-order valence-corrected chi connectivity index (χ1v) is 6.45. The number of anilines is 1. The van der Waals surface area contributed by atoms with Gasteiger partial charge in [-0.05, 0) is 36.2 Å². The number of hydrogen-bond acceptors (Lipinski definition) is 2. The number of nitrogens with two attached hydrogens (primary N) is 1. The van der Waals surface area contributed by atoms with Gasteiger partial charge in [-0.2, -0.15) is 0 Å². The van der Waals surface area contributed by atoms with Crippen LogP contribution < -0.4 is 11.1 Å². The second kappa shape index (κ2) is 4.76. The number of hydrogen-bond donors (Lipinski definition) is 2. The molecular formula is C16H16N2O. The Morgan fingerprint density at radius 1 is 1.05 bits per heavy atom. The lowest BCUT2D eigenvalue weighted by molar-refractivity contribution is 0.0950. The highest BCUT2D eigenvalue weighted by Gasteiger charge is 2.39. The van der Waals surface area contributed by atoms with E-state index in [9.17, 15) is 4.79 Å². The molecule has 0 saturated heterocycles. The van der Waals surface area contributed by atoms with E-state index in [4.69, 9.17) is 5.73 Å². The average molecular weight is 252 g/mol. The minimum absolute atomic E-state index is 0.0246. The first-order valence-electron chi connectivity index (χ1n) is 6.45. The highest BCUT2D eigenvalue weighted by atomic mass is 16.1. The molecule has 0 radical (unpaired) electrons. The lowest BCUT2D eigenvalue weighted by Crippen LogP contribution is -2.26. The van der Waals surface area contributed by atoms with Gasteiger partial charge in [-0.15, -0.1) is 0 Å². The maximum atomic E-state index is 12.0. The van der Waals surface area contributed by atoms with Crippen molar-refractivity contribution >= 4 is 11.6 Å². The van der Waals surface area contributed by atoms with Crippen LogP contribution in [0.4, 0.5) is 5.69 Å². The monoisotopic (exact) mass is 252 g/mol. The van der Waals surface area contributed by atoms with Crippen LogP contribution in [-0.4, -0.2) is 11.9 Å². The predicted molar refractivity (Wildman–Crippen MR) is 75.9 cm³/mol. The Kier molecular flexibility index (Phi) is 2.95. The van der Waals surface area contributed by atoms with E-state index < -0.39 is 0 Å². The Bertz CT molecular complexity index is 577. The molecule has 2 atom stereocenters. The molecule has 1 saturated carbocycles. The molecule has 2 aromatic carbocycles. The maximum absolute atomic E-state index is 12.0. The zero-order valence-electron chi connectivity index (χ0n) is 10.5. The van der Waals surface area contributed by atoms with Crippen molar-refractivity contribution < 1.29 is 4.79 Å². The van der Waals surface area contributed by atoms with Crippen molar-refractivity contribution in [2.24, 2.45) is 0 Å². The molecule has 1 amide bonds. The smallest absolute Gasteiger partial charge is 0.251 e. The summed E-state index contributed by atoms with van der Waals surface area (Å²) in [6.45, 7) is 0. The summed E-state index contributed by atoms with van der Waals surface area (Å²) < 4.78 is 0. The normalized spacial score (nSPS) is 20.8. The summed E-state index contributed by atoms with van der Waals surface area (Å²) in [6.07, 6.45) is 1.02. The van der Waals surface area contributed by atoms with Gasteiger partial charge in [0.25, 0.3) is 5.91 Å². The molecule has 96 valence electrons. The van der Waals surface area contributed by atoms with Gasteiger partial charge in [-0.3, -0.25) is 4.79 Å². The van der Waals surface area contributed by atoms with Gasteiger partial charge < -0.3 is 11.1 Å². The van der Waals surface area contributed by atoms with Gasteiger partial charge in [-0.25, -0.2) is 0 Å². The van der Waals surface area contributed by atoms with Crippen LogP contribution in [-0.2, 0) is 0 Å². The number of benzene rings is 2. The van der Waals surface area contributed by atoms with Crippen molar-refractivity contribution in [3.63, 3.8) is 0 Å². The first kappa shape index (κ1) is 11.8. The molecule has 2 unspecified atom stereocenters. The van der Waals surface area contributed by atoms with E-state index in [0.717, 1.165) is 6.42 Å². The van der Waals surface area contributed by atoms with Crippen LogP contribution in [0.25, 0.3) is 0 Å². The Hall–Kier alpha value is -2.29. The van der Waals surface area contributed by atoms with Gasteiger partial charge >= 0.3 is 0 Å². The minimum atomic E-state index is -0.0246. The van der Waals surface area contributed by atoms with Gasteiger partial charge in [0.15, 0.2) is 0 Å². The Balaban J connectivity index is 1.62. The fourth-order valence-corrected chi connectivity index (χ4v) is 2.31. The van der Waals surface area contributed by atoms with Crippen LogP contribution in [0.2, 0.25) is 0 Å². The van der Waals surface area contributed by atoms with E-state index >= 15 is 0 Å². The highest BCUT2D eigenvalue weighted by Crippen LogP contribution is 2.40. The van der Waals surface area contributed by atoms with E-state index in [1.54, 1.807) is 24.3 Å². The Morgan fingerprint density at radius 3 is 2.42 bits per heavy atom. The van der Waals surface area contributed by atoms with E-state index in [-0.39, 0.29) is 11.9 Å². The molecule has 1 fully saturated rings. The highest BCUT2D eigenvalue weighted by molar-refractivity contribution is 5.95. The quantitative estimate of drug-likeness (QED) is 0.825. The van der Waals surface area contributed by atoms with Crippen molar-refractivity contribution in [1.29, 1.82) is 0 Å². The molecule has 3 nitrogen and oxygen atoms in total. The molecular weight excluding hydrogens is 236 g/mol. The molecule has 1 aliphatic rings. The summed E-state index contributed by atoms with van der Waals surface area (Å²) >= 11 is 0. The van der Waals surface area contributed by atoms with E-state index in [0.29, 0.717) is 17.2 Å². The summed E-state index contributed by atoms with van der Waals surface area (Å²) in [5.74, 6) is 0.433. The number of nitrogen functional groups attached to an aromatic ring is 1. The lowest BCUT2D eigenvalue weighted by Gasteiger charge is -2.05. The summed E-state index contributed by atoms with van der Waals surface area (Å²) in [5.41, 5.74) is 8.23. The van der Waals surface area contributed by atoms with E-state index in [2.05, 4.69) is 17.4 Å². The van der Waals surface area contributed by atoms with Gasteiger partial charge in [0.2, 0.25) is 0 Å². The van der Waals surface area contributed by atoms with E-state index in [1.807, 2.05) is 18.2 Å². The third kappa shape index (κ3) is 2.60. The fourth-order valence-electron chi connectivity index (χ4n) is 2.31. The molecule has 3 heteroatoms. The van der Waals surface area contributed by atoms with Gasteiger partial charge in [0.05, 0.1) is 0 Å². The number of carbonyl (C=O) groups is 1. The van der Waals surface area contributed by atoms with Gasteiger partial charge in [0.1, 0.15) is 0 Å². The summed E-state index contributed by atoms with van der Waals surface area (Å²) in [7, 11) is 0. The van der Waals surface area contributed by atoms with Crippen LogP contribution >= 0.6 is 0 Å². The third-order valence-corrected chi connectivity index (χ3v) is 3.51. The van der Waals surface area contributed by atoms with Crippen LogP contribution in [0.1, 0.15) is 28.3 Å². The molecule has 19 heavy (non-hydrogen) atoms. The SMILES string of the molecule is Nc1ccc(C(=O)NC2CC2c2ccccc2)cc1. The maximum Gasteiger partial charge on any atom is 0.251 e. The lowest BCUT2D eigenvalue weighted by atomic mass is 10.1. The molecule has 0 bridgehead atoms. The standard InChI is InChI=1S/C16H16N2O/c17-13-8-6-12(7-9-13)16(19)18-15-10-14(15)11-4-2-1-3-5-11/h1-9,14-15H,10,17H2,(H,18,19). The predicted octanol–water partition coefficient (Wildman–Crippen LogP) is 2.55. The first-order chi connectivity index (χ1) is 9.24. The Morgan fingerprint density at radius 2 is 1.74 bits per heavy atom. The fraction of sp³-hybridized carbons (Fsp3) is 0.188. The van der Waals surface area contributed by atoms with Crippen molar-refractivity contribution in [2.75, 3.05) is 5.73 Å². The zero-order chi connectivity index (χ0) is 13.2. The summed E-state index contributed by atoms with van der Waals surface area (Å²) in [6, 6.07) is 17.6. The largest absolute Gasteiger partial charge is 0.399 e. The molecule has 0 heterocycles. The minimum Gasteiger partial charge on any atom is -0.399 e. The number of carbonyl (C=O) groups excluding carboxylic acids is 1. The molecule has 1 aliphatic carbocycles. The number of rotatable bonds is 3. The van der Waals surface area contributed by atoms with Crippen molar-refractivity contribution in [3.05, 3.63) is 65.7 Å². The molecule has 3 N–H and O–H groups in total. The van der Waals surface area contributed by atoms with Crippen LogP contribution in [0.15, 0.2) is 54.6 Å². The second-order valence-electron chi connectivity index (χ2n) is 4.95. The number of nitrogens with one attached hydrogen (secondary N) is 1. The molecule has 0 aliphatic heterocycles. The summed E-state index contributed by atoms with van der Waals surface area (Å²) in [4.78, 5) is 12.0. The molecule has 2 aromatic rings. The molecule has 0 spiro atoms. The van der Waals surface area contributed by atoms with E-state index in [1.165, 1.54) is 5.56 Å². The van der Waals surface area contributed by atoms with Crippen LogP contribution in [0.5, 0.6) is 0 Å². The third-order valence-electron chi connectivity index (χ3n) is 3.51. The van der Waals surface area contributed by atoms with Crippen LogP contribution in [0.3, 0.4) is 0 Å². The van der Waals surface area contributed by atoms with Crippen molar-refractivity contribution in [3.8, 4) is 0 Å². The molecule has 3 rings (SSSR count).